The van der Waals surface area contributed by atoms with Crippen molar-refractivity contribution in [2.45, 2.75) is 78.3 Å². The Morgan fingerprint density at radius 2 is 1.84 bits per heavy atom. The number of nitrogens with two attached hydrogens (primary N) is 1. The first kappa shape index (κ1) is 18.7. The van der Waals surface area contributed by atoms with Crippen molar-refractivity contribution in [1.29, 1.82) is 0 Å². The van der Waals surface area contributed by atoms with Gasteiger partial charge in [0.05, 0.1) is 0 Å². The molecule has 1 rings (SSSR count). The molecule has 0 saturated heterocycles. The van der Waals surface area contributed by atoms with Crippen LogP contribution < -0.4 is 11.1 Å². The minimum Gasteiger partial charge on any atom is -0.353 e. The maximum Gasteiger partial charge on any atom is 0.221 e. The zero-order chi connectivity index (χ0) is 13.8. The van der Waals surface area contributed by atoms with Crippen molar-refractivity contribution in [1.82, 2.24) is 5.32 Å². The van der Waals surface area contributed by atoms with Crippen LogP contribution in [0.3, 0.4) is 0 Å². The molecule has 1 fully saturated rings. The molecule has 0 aromatic carbocycles. The predicted molar refractivity (Wildman–Crippen MR) is 83.5 cm³/mol. The molecule has 0 heterocycles. The largest absolute Gasteiger partial charge is 0.353 e. The van der Waals surface area contributed by atoms with Gasteiger partial charge in [-0.05, 0) is 43.9 Å². The second-order valence-electron chi connectivity index (χ2n) is 6.64. The fourth-order valence-corrected chi connectivity index (χ4v) is 2.89. The van der Waals surface area contributed by atoms with Crippen LogP contribution in [0.5, 0.6) is 0 Å². The molecule has 1 aliphatic rings. The molecule has 3 N–H and O–H groups in total. The van der Waals surface area contributed by atoms with Crippen molar-refractivity contribution in [3.05, 3.63) is 0 Å². The highest BCUT2D eigenvalue weighted by atomic mass is 35.5. The average Bonchev–Trinajstić information content (AvgIpc) is 2.28. The maximum atomic E-state index is 11.7. The lowest BCUT2D eigenvalue weighted by atomic mass is 9.69. The summed E-state index contributed by atoms with van der Waals surface area (Å²) in [5, 5.41) is 3.12. The Balaban J connectivity index is 0.00000324. The molecule has 19 heavy (non-hydrogen) atoms. The van der Waals surface area contributed by atoms with Crippen molar-refractivity contribution in [3.8, 4) is 0 Å². The van der Waals surface area contributed by atoms with Crippen LogP contribution in [-0.4, -0.2) is 18.0 Å². The molecular weight excluding hydrogens is 260 g/mol. The Morgan fingerprint density at radius 1 is 1.32 bits per heavy atom. The van der Waals surface area contributed by atoms with Crippen molar-refractivity contribution >= 4 is 18.3 Å². The molecule has 1 aliphatic carbocycles. The second-order valence-corrected chi connectivity index (χ2v) is 6.64. The number of carbonyl (C=O) groups is 1. The van der Waals surface area contributed by atoms with Crippen molar-refractivity contribution in [3.63, 3.8) is 0 Å². The first-order chi connectivity index (χ1) is 8.35. The molecule has 0 bridgehead atoms. The van der Waals surface area contributed by atoms with Gasteiger partial charge < -0.3 is 11.1 Å². The summed E-state index contributed by atoms with van der Waals surface area (Å²) >= 11 is 0. The van der Waals surface area contributed by atoms with E-state index < -0.39 is 0 Å². The molecule has 0 spiro atoms. The monoisotopic (exact) mass is 290 g/mol. The van der Waals surface area contributed by atoms with Crippen LogP contribution in [0.4, 0.5) is 0 Å². The van der Waals surface area contributed by atoms with E-state index in [-0.39, 0.29) is 24.4 Å². The summed E-state index contributed by atoms with van der Waals surface area (Å²) in [6, 6.07) is 0.334. The number of nitrogens with one attached hydrogen (secondary N) is 1. The molecule has 0 aliphatic heterocycles. The summed E-state index contributed by atoms with van der Waals surface area (Å²) in [6.45, 7) is 8.89. The summed E-state index contributed by atoms with van der Waals surface area (Å²) in [5.74, 6) is 0.923. The minimum atomic E-state index is -0.0413. The molecule has 0 radical (unpaired) electrons. The number of halogens is 1. The molecule has 0 aromatic rings. The van der Waals surface area contributed by atoms with Crippen LogP contribution in [-0.2, 0) is 4.79 Å². The Hall–Kier alpha value is -0.280. The third-order valence-electron chi connectivity index (χ3n) is 4.62. The molecule has 1 atom stereocenters. The van der Waals surface area contributed by atoms with Crippen LogP contribution in [0, 0.1) is 11.3 Å². The molecular formula is C15H31ClN2O. The maximum absolute atomic E-state index is 11.7. The third-order valence-corrected chi connectivity index (χ3v) is 4.62. The van der Waals surface area contributed by atoms with Gasteiger partial charge in [0.25, 0.3) is 0 Å². The van der Waals surface area contributed by atoms with Crippen LogP contribution in [0.15, 0.2) is 0 Å². The van der Waals surface area contributed by atoms with Crippen molar-refractivity contribution in [2.24, 2.45) is 17.1 Å². The van der Waals surface area contributed by atoms with E-state index in [1.165, 1.54) is 19.3 Å². The quantitative estimate of drug-likeness (QED) is 0.816. The first-order valence-electron chi connectivity index (χ1n) is 7.40. The zero-order valence-corrected chi connectivity index (χ0v) is 13.7. The van der Waals surface area contributed by atoms with Gasteiger partial charge in [0, 0.05) is 18.5 Å². The lowest BCUT2D eigenvalue weighted by Crippen LogP contribution is -2.41. The van der Waals surface area contributed by atoms with Gasteiger partial charge in [-0.25, -0.2) is 0 Å². The van der Waals surface area contributed by atoms with Crippen molar-refractivity contribution < 1.29 is 4.79 Å². The summed E-state index contributed by atoms with van der Waals surface area (Å²) in [6.07, 6.45) is 6.41. The smallest absolute Gasteiger partial charge is 0.221 e. The van der Waals surface area contributed by atoms with Gasteiger partial charge in [-0.15, -0.1) is 12.4 Å². The Bertz CT molecular complexity index is 271. The summed E-state index contributed by atoms with van der Waals surface area (Å²) < 4.78 is 0. The minimum absolute atomic E-state index is 0. The van der Waals surface area contributed by atoms with E-state index in [1.54, 1.807) is 0 Å². The predicted octanol–water partition coefficient (Wildman–Crippen LogP) is 3.26. The van der Waals surface area contributed by atoms with Crippen LogP contribution in [0.1, 0.15) is 66.2 Å². The first-order valence-corrected chi connectivity index (χ1v) is 7.40. The van der Waals surface area contributed by atoms with Gasteiger partial charge in [0.2, 0.25) is 5.91 Å². The van der Waals surface area contributed by atoms with Gasteiger partial charge in [-0.1, -0.05) is 27.2 Å². The number of hydrogen-bond donors (Lipinski definition) is 2. The number of rotatable bonds is 5. The summed E-state index contributed by atoms with van der Waals surface area (Å²) in [5.41, 5.74) is 6.08. The van der Waals surface area contributed by atoms with Crippen molar-refractivity contribution in [2.75, 3.05) is 0 Å². The molecule has 114 valence electrons. The molecule has 4 heteroatoms. The zero-order valence-electron chi connectivity index (χ0n) is 12.9. The molecule has 1 saturated carbocycles. The van der Waals surface area contributed by atoms with Gasteiger partial charge in [-0.3, -0.25) is 4.79 Å². The molecule has 0 aromatic heterocycles. The lowest BCUT2D eigenvalue weighted by molar-refractivity contribution is -0.122. The van der Waals surface area contributed by atoms with Gasteiger partial charge in [0.1, 0.15) is 0 Å². The van der Waals surface area contributed by atoms with E-state index in [1.807, 2.05) is 6.92 Å². The van der Waals surface area contributed by atoms with E-state index in [4.69, 9.17) is 5.73 Å². The highest BCUT2D eigenvalue weighted by Crippen LogP contribution is 2.40. The number of hydrogen-bond acceptors (Lipinski definition) is 2. The van der Waals surface area contributed by atoms with Crippen LogP contribution >= 0.6 is 12.4 Å². The average molecular weight is 291 g/mol. The van der Waals surface area contributed by atoms with Gasteiger partial charge in [-0.2, -0.15) is 0 Å². The van der Waals surface area contributed by atoms with E-state index in [0.29, 0.717) is 17.9 Å². The van der Waals surface area contributed by atoms with E-state index in [9.17, 15) is 4.79 Å². The Morgan fingerprint density at radius 3 is 2.26 bits per heavy atom. The molecule has 1 amide bonds. The summed E-state index contributed by atoms with van der Waals surface area (Å²) in [4.78, 5) is 11.7. The van der Waals surface area contributed by atoms with Crippen LogP contribution in [0.2, 0.25) is 0 Å². The van der Waals surface area contributed by atoms with Gasteiger partial charge in [0.15, 0.2) is 0 Å². The van der Waals surface area contributed by atoms with Crippen LogP contribution in [0.25, 0.3) is 0 Å². The lowest BCUT2D eigenvalue weighted by Gasteiger charge is -2.39. The fourth-order valence-electron chi connectivity index (χ4n) is 2.89. The second kappa shape index (κ2) is 8.11. The highest BCUT2D eigenvalue weighted by Gasteiger charge is 2.32. The SMILES string of the molecule is CCC(C)(C)C1CCC(NC(=O)CC(C)N)CC1.Cl. The highest BCUT2D eigenvalue weighted by molar-refractivity contribution is 5.85. The van der Waals surface area contributed by atoms with Gasteiger partial charge >= 0.3 is 0 Å². The Kier molecular flexibility index (Phi) is 7.99. The third kappa shape index (κ3) is 6.13. The number of amides is 1. The summed E-state index contributed by atoms with van der Waals surface area (Å²) in [7, 11) is 0. The molecule has 1 unspecified atom stereocenters. The van der Waals surface area contributed by atoms with E-state index >= 15 is 0 Å². The standard InChI is InChI=1S/C15H30N2O.ClH/c1-5-15(3,4)12-6-8-13(9-7-12)17-14(18)10-11(2)16;/h11-13H,5-10,16H2,1-4H3,(H,17,18);1H. The van der Waals surface area contributed by atoms with E-state index in [0.717, 1.165) is 18.8 Å². The fraction of sp³-hybridized carbons (Fsp3) is 0.933. The van der Waals surface area contributed by atoms with E-state index in [2.05, 4.69) is 26.1 Å². The molecule has 3 nitrogen and oxygen atoms in total. The topological polar surface area (TPSA) is 55.1 Å². The normalized spacial score (nSPS) is 25.3. The Labute approximate surface area is 124 Å². The number of carbonyl (C=O) groups excluding carboxylic acids is 1.